The molecule has 1 saturated heterocycles. The van der Waals surface area contributed by atoms with Crippen LogP contribution in [0.3, 0.4) is 0 Å². The van der Waals surface area contributed by atoms with Crippen LogP contribution in [0.25, 0.3) is 0 Å². The largest absolute Gasteiger partial charge is 0.444 e. The Labute approximate surface area is 130 Å². The molecular weight excluding hydrogens is 284 g/mol. The Morgan fingerprint density at radius 2 is 2.10 bits per heavy atom. The molecule has 3 rings (SSSR count). The summed E-state index contributed by atoms with van der Waals surface area (Å²) in [5, 5.41) is 5.81. The molecule has 0 spiro atoms. The Morgan fingerprint density at radius 1 is 1.43 bits per heavy atom. The number of fused-ring (bicyclic) bond motifs is 1. The number of hydrogen-bond acceptors (Lipinski definition) is 4. The second-order valence-corrected chi connectivity index (χ2v) is 8.12. The maximum Gasteiger partial charge on any atom is 0.410 e. The Balaban J connectivity index is 1.47. The van der Waals surface area contributed by atoms with Crippen LogP contribution in [0.2, 0.25) is 0 Å². The molecule has 1 amide bonds. The number of nitrogens with zero attached hydrogens (tertiary/aromatic N) is 1. The first-order valence-electron chi connectivity index (χ1n) is 7.62. The van der Waals surface area contributed by atoms with Crippen molar-refractivity contribution >= 4 is 17.4 Å². The minimum Gasteiger partial charge on any atom is -0.444 e. The summed E-state index contributed by atoms with van der Waals surface area (Å²) in [5.41, 5.74) is -0.408. The lowest BCUT2D eigenvalue weighted by Crippen LogP contribution is -2.39. The van der Waals surface area contributed by atoms with Gasteiger partial charge in [0.2, 0.25) is 0 Å². The van der Waals surface area contributed by atoms with Crippen LogP contribution in [-0.2, 0) is 4.74 Å². The number of likely N-dealkylation sites (tertiary alicyclic amines) is 1. The average Bonchev–Trinajstić information content (AvgIpc) is 2.87. The summed E-state index contributed by atoms with van der Waals surface area (Å²) in [7, 11) is 0. The molecule has 0 aromatic carbocycles. The van der Waals surface area contributed by atoms with E-state index < -0.39 is 5.60 Å². The van der Waals surface area contributed by atoms with E-state index in [2.05, 4.69) is 29.8 Å². The minimum absolute atomic E-state index is 0.167. The monoisotopic (exact) mass is 308 g/mol. The van der Waals surface area contributed by atoms with Crippen LogP contribution in [0.1, 0.15) is 38.6 Å². The molecule has 2 heterocycles. The third kappa shape index (κ3) is 3.24. The van der Waals surface area contributed by atoms with E-state index in [-0.39, 0.29) is 6.09 Å². The summed E-state index contributed by atoms with van der Waals surface area (Å²) in [6.45, 7) is 9.60. The fourth-order valence-corrected chi connectivity index (χ4v) is 3.90. The van der Waals surface area contributed by atoms with Gasteiger partial charge in [0, 0.05) is 30.1 Å². The fourth-order valence-electron chi connectivity index (χ4n) is 3.16. The fraction of sp³-hybridized carbons (Fsp3) is 0.688. The Hall–Kier alpha value is -1.07. The summed E-state index contributed by atoms with van der Waals surface area (Å²) in [4.78, 5) is 15.3. The van der Waals surface area contributed by atoms with Gasteiger partial charge in [-0.25, -0.2) is 4.79 Å². The predicted molar refractivity (Wildman–Crippen MR) is 84.4 cm³/mol. The van der Waals surface area contributed by atoms with Crippen LogP contribution in [0.5, 0.6) is 0 Å². The smallest absolute Gasteiger partial charge is 0.410 e. The molecule has 116 valence electrons. The average molecular weight is 308 g/mol. The van der Waals surface area contributed by atoms with Crippen molar-refractivity contribution in [2.45, 2.75) is 45.4 Å². The van der Waals surface area contributed by atoms with Crippen LogP contribution < -0.4 is 5.32 Å². The van der Waals surface area contributed by atoms with Crippen molar-refractivity contribution < 1.29 is 9.53 Å². The third-order valence-corrected chi connectivity index (χ3v) is 5.31. The van der Waals surface area contributed by atoms with Gasteiger partial charge in [-0.3, -0.25) is 0 Å². The molecule has 0 radical (unpaired) electrons. The zero-order chi connectivity index (χ0) is 15.2. The highest BCUT2D eigenvalue weighted by Gasteiger charge is 2.57. The molecule has 1 saturated carbocycles. The van der Waals surface area contributed by atoms with Gasteiger partial charge in [-0.2, -0.15) is 0 Å². The second kappa shape index (κ2) is 5.29. The van der Waals surface area contributed by atoms with Gasteiger partial charge in [0.1, 0.15) is 5.60 Å². The lowest BCUT2D eigenvalue weighted by atomic mass is 10.2. The molecule has 1 aromatic heterocycles. The molecule has 4 nitrogen and oxygen atoms in total. The topological polar surface area (TPSA) is 41.6 Å². The lowest BCUT2D eigenvalue weighted by Gasteiger charge is -2.26. The number of ether oxygens (including phenoxy) is 1. The van der Waals surface area contributed by atoms with Gasteiger partial charge in [0.05, 0.1) is 0 Å². The molecule has 3 atom stereocenters. The van der Waals surface area contributed by atoms with E-state index in [1.54, 1.807) is 11.3 Å². The summed E-state index contributed by atoms with van der Waals surface area (Å²) in [6.07, 6.45) is -0.167. The van der Waals surface area contributed by atoms with E-state index in [9.17, 15) is 4.79 Å². The molecule has 1 aromatic rings. The van der Waals surface area contributed by atoms with E-state index >= 15 is 0 Å². The van der Waals surface area contributed by atoms with E-state index in [0.717, 1.165) is 13.1 Å². The Kier molecular flexibility index (Phi) is 3.74. The summed E-state index contributed by atoms with van der Waals surface area (Å²) >= 11 is 1.79. The van der Waals surface area contributed by atoms with Gasteiger partial charge in [-0.15, -0.1) is 11.3 Å². The van der Waals surface area contributed by atoms with Crippen molar-refractivity contribution in [3.8, 4) is 0 Å². The number of amides is 1. The zero-order valence-electron chi connectivity index (χ0n) is 13.1. The number of hydrogen-bond donors (Lipinski definition) is 1. The van der Waals surface area contributed by atoms with Crippen molar-refractivity contribution in [2.75, 3.05) is 13.1 Å². The molecule has 3 unspecified atom stereocenters. The van der Waals surface area contributed by atoms with Crippen molar-refractivity contribution in [2.24, 2.45) is 11.8 Å². The van der Waals surface area contributed by atoms with Crippen LogP contribution in [-0.4, -0.2) is 35.7 Å². The minimum atomic E-state index is -0.408. The number of carbonyl (C=O) groups is 1. The maximum absolute atomic E-state index is 12.0. The van der Waals surface area contributed by atoms with Crippen LogP contribution in [0.4, 0.5) is 4.79 Å². The highest BCUT2D eigenvalue weighted by Crippen LogP contribution is 2.46. The van der Waals surface area contributed by atoms with E-state index in [4.69, 9.17) is 4.74 Å². The van der Waals surface area contributed by atoms with Crippen molar-refractivity contribution in [1.82, 2.24) is 10.2 Å². The predicted octanol–water partition coefficient (Wildman–Crippen LogP) is 3.26. The van der Waals surface area contributed by atoms with Gasteiger partial charge < -0.3 is 15.0 Å². The molecule has 1 N–H and O–H groups in total. The first-order chi connectivity index (χ1) is 9.85. The molecule has 2 aliphatic rings. The number of rotatable bonds is 3. The quantitative estimate of drug-likeness (QED) is 0.932. The van der Waals surface area contributed by atoms with Gasteiger partial charge >= 0.3 is 6.09 Å². The van der Waals surface area contributed by atoms with Crippen molar-refractivity contribution in [1.29, 1.82) is 0 Å². The maximum atomic E-state index is 12.0. The van der Waals surface area contributed by atoms with E-state index in [1.807, 2.05) is 25.7 Å². The number of carbonyl (C=O) groups excluding carboxylic acids is 1. The van der Waals surface area contributed by atoms with Crippen LogP contribution in [0.15, 0.2) is 17.5 Å². The molecule has 1 aliphatic heterocycles. The normalized spacial score (nSPS) is 29.1. The first-order valence-corrected chi connectivity index (χ1v) is 8.50. The summed E-state index contributed by atoms with van der Waals surface area (Å²) in [5.74, 6) is 1.19. The first kappa shape index (κ1) is 14.9. The van der Waals surface area contributed by atoms with E-state index in [1.165, 1.54) is 4.88 Å². The summed E-state index contributed by atoms with van der Waals surface area (Å²) < 4.78 is 5.43. The lowest BCUT2D eigenvalue weighted by molar-refractivity contribution is 0.0269. The van der Waals surface area contributed by atoms with Crippen molar-refractivity contribution in [3.05, 3.63) is 22.4 Å². The van der Waals surface area contributed by atoms with Gasteiger partial charge in [-0.05, 0) is 51.0 Å². The number of nitrogens with one attached hydrogen (secondary N) is 1. The van der Waals surface area contributed by atoms with Crippen molar-refractivity contribution in [3.63, 3.8) is 0 Å². The van der Waals surface area contributed by atoms with Gasteiger partial charge in [0.15, 0.2) is 0 Å². The Bertz CT molecular complexity index is 497. The highest BCUT2D eigenvalue weighted by atomic mass is 32.1. The van der Waals surface area contributed by atoms with E-state index in [0.29, 0.717) is 23.9 Å². The molecule has 1 aliphatic carbocycles. The van der Waals surface area contributed by atoms with Gasteiger partial charge in [0.25, 0.3) is 0 Å². The van der Waals surface area contributed by atoms with Crippen LogP contribution >= 0.6 is 11.3 Å². The molecule has 21 heavy (non-hydrogen) atoms. The highest BCUT2D eigenvalue weighted by molar-refractivity contribution is 7.10. The van der Waals surface area contributed by atoms with Crippen LogP contribution in [0, 0.1) is 11.8 Å². The van der Waals surface area contributed by atoms with Gasteiger partial charge in [-0.1, -0.05) is 6.07 Å². The zero-order valence-corrected chi connectivity index (χ0v) is 13.9. The summed E-state index contributed by atoms with van der Waals surface area (Å²) in [6, 6.07) is 5.22. The molecular formula is C16H24N2O2S. The number of piperidine rings is 1. The third-order valence-electron chi connectivity index (χ3n) is 4.26. The Morgan fingerprint density at radius 3 is 2.62 bits per heavy atom. The molecule has 0 bridgehead atoms. The standard InChI is InChI=1S/C16H24N2O2S/c1-10(13-6-5-7-21-13)17-14-11-8-18(9-12(11)14)15(19)20-16(2,3)4/h5-7,10-12,14,17H,8-9H2,1-4H3. The SMILES string of the molecule is CC(NC1C2CN(C(=O)OC(C)(C)C)CC21)c1cccs1. The number of thiophene rings is 1. The molecule has 2 fully saturated rings. The second-order valence-electron chi connectivity index (χ2n) is 7.14. The molecule has 5 heteroatoms.